The number of nitrogens with one attached hydrogen (secondary N) is 8. The molecule has 16 N–H and O–H groups in total. The standard InChI is InChI=1S/C14H25NO3.C11H17NO3.C11H11NO3.C10H17NO4.C9H15NO4.C9H15NO3S.C7H9NO3.C7H7NO3/c16-13(15-11-12-9-10-12)7-5-3-1-2-4-6-8-14(17)18;2*13-10(12-9-5-6-9)7-1-3-8(4-2-7)11(14)15;12-9(11-7-8-1-2-8)3-5-15-6-4-10(13)14;2*11-8(10-7-1-2-7)3-5-14-6-4-9(12)13;2*9-6(3-4-7(10)11)8-5-1-2-5/h12H,1-11H2,(H,15,16)(H,17,18);7-9H,1-6H2,(H,12,13)(H,14,15);1-4,9H,5-6H2,(H,12,13)(H,14,15);8H,1-7H2,(H,11,12)(H,13,14);2*7H,1-6H2,(H,10,11)(H,12,13);3-5H,1-2H2,(H,8,9)(H,10,11);5H,1-2H2,(H,8,9)(H,10,11)/b;;;;;;4-3+;. The van der Waals surface area contributed by atoms with E-state index in [0.717, 1.165) is 160 Å². The number of carbonyl (C=O) groups excluding carboxylic acids is 8. The summed E-state index contributed by atoms with van der Waals surface area (Å²) in [4.78, 5) is 171. The average Bonchev–Trinajstić information content (AvgIpc) is 1.66. The van der Waals surface area contributed by atoms with Gasteiger partial charge in [0.05, 0.1) is 57.2 Å². The van der Waals surface area contributed by atoms with Gasteiger partial charge in [-0.25, -0.2) is 14.4 Å². The number of hydrogen-bond donors (Lipinski definition) is 16. The van der Waals surface area contributed by atoms with Crippen molar-refractivity contribution in [3.05, 3.63) is 47.5 Å². The molecule has 35 heteroatoms. The van der Waals surface area contributed by atoms with E-state index < -0.39 is 53.7 Å². The quantitative estimate of drug-likeness (QED) is 0.0208. The molecule has 8 amide bonds. The minimum absolute atomic E-state index is 0.00968. The molecule has 9 fully saturated rings. The monoisotopic (exact) mass is 1610 g/mol. The van der Waals surface area contributed by atoms with Crippen LogP contribution in [-0.2, 0) is 76.6 Å². The van der Waals surface area contributed by atoms with Crippen molar-refractivity contribution in [2.24, 2.45) is 23.7 Å². The van der Waals surface area contributed by atoms with Gasteiger partial charge in [-0.1, -0.05) is 25.7 Å². The van der Waals surface area contributed by atoms with E-state index >= 15 is 0 Å². The number of rotatable bonds is 43. The normalized spacial score (nSPS) is 17.1. The second kappa shape index (κ2) is 57.4. The van der Waals surface area contributed by atoms with Crippen LogP contribution in [0.1, 0.15) is 239 Å². The van der Waals surface area contributed by atoms with Crippen LogP contribution in [-0.4, -0.2) is 223 Å². The van der Waals surface area contributed by atoms with Crippen LogP contribution in [0.3, 0.4) is 0 Å². The van der Waals surface area contributed by atoms with Gasteiger partial charge in [-0.2, -0.15) is 11.8 Å². The van der Waals surface area contributed by atoms with Crippen molar-refractivity contribution in [1.29, 1.82) is 0 Å². The molecule has 0 bridgehead atoms. The minimum atomic E-state index is -1.28. The van der Waals surface area contributed by atoms with Crippen molar-refractivity contribution in [3.8, 4) is 11.8 Å². The SMILES string of the molecule is O=C(O)/C=C/C(=O)NC1CC1.O=C(O)C#CC(=O)NC1CC1.O=C(O)C1CCC(C(=O)NC2CC2)CC1.O=C(O)CCCCCCCCC(=O)NCC1CC1.O=C(O)CCOCCC(=O)NC1CC1.O=C(O)CCOCCC(=O)NCC1CC1.O=C(O)CCSCCC(=O)NC1CC1.O=C(O)c1ccc(C(=O)NC2CC2)cc1. The molecule has 34 nitrogen and oxygen atoms in total. The summed E-state index contributed by atoms with van der Waals surface area (Å²) in [6.07, 6.45) is 30.4. The highest BCUT2D eigenvalue weighted by atomic mass is 32.2. The lowest BCUT2D eigenvalue weighted by Crippen LogP contribution is -2.35. The van der Waals surface area contributed by atoms with E-state index in [2.05, 4.69) is 42.5 Å². The third-order valence-electron chi connectivity index (χ3n) is 17.5. The second-order valence-corrected chi connectivity index (χ2v) is 30.0. The van der Waals surface area contributed by atoms with Gasteiger partial charge in [0, 0.05) is 128 Å². The number of aliphatic carboxylic acids is 7. The highest BCUT2D eigenvalue weighted by molar-refractivity contribution is 7.99. The number of unbranched alkanes of at least 4 members (excludes halogenated alkanes) is 5. The van der Waals surface area contributed by atoms with Crippen LogP contribution in [0.15, 0.2) is 36.4 Å². The number of benzene rings is 1. The van der Waals surface area contributed by atoms with Gasteiger partial charge in [0.25, 0.3) is 11.8 Å². The molecule has 0 unspecified atom stereocenters. The fourth-order valence-corrected chi connectivity index (χ4v) is 10.4. The molecule has 10 rings (SSSR count). The topological polar surface area (TPSA) is 550 Å². The van der Waals surface area contributed by atoms with Gasteiger partial charge in [-0.15, -0.1) is 0 Å². The van der Waals surface area contributed by atoms with E-state index in [9.17, 15) is 76.7 Å². The number of thioether (sulfide) groups is 1. The summed E-state index contributed by atoms with van der Waals surface area (Å²) in [5.41, 5.74) is 0.699. The molecule has 1 aromatic rings. The molecular weight excluding hydrogens is 1500 g/mol. The third kappa shape index (κ3) is 61.6. The molecule has 0 saturated heterocycles. The first kappa shape index (κ1) is 97.5. The largest absolute Gasteiger partial charge is 0.481 e. The Labute approximate surface area is 662 Å². The van der Waals surface area contributed by atoms with Crippen LogP contribution in [0.2, 0.25) is 0 Å². The zero-order valence-corrected chi connectivity index (χ0v) is 65.1. The van der Waals surface area contributed by atoms with Crippen LogP contribution in [0.25, 0.3) is 0 Å². The molecule has 630 valence electrons. The van der Waals surface area contributed by atoms with E-state index in [0.29, 0.717) is 98.9 Å². The first-order valence-corrected chi connectivity index (χ1v) is 40.3. The van der Waals surface area contributed by atoms with Crippen molar-refractivity contribution < 1.29 is 127 Å². The van der Waals surface area contributed by atoms with Crippen LogP contribution >= 0.6 is 11.8 Å². The molecular formula is C78H116N8O26S. The molecule has 9 aliphatic rings. The van der Waals surface area contributed by atoms with Gasteiger partial charge in [-0.3, -0.25) is 62.3 Å². The van der Waals surface area contributed by atoms with E-state index in [4.69, 9.17) is 50.3 Å². The molecule has 0 aliphatic heterocycles. The zero-order valence-electron chi connectivity index (χ0n) is 64.3. The Bertz CT molecular complexity index is 3260. The van der Waals surface area contributed by atoms with Gasteiger partial charge < -0.3 is 92.9 Å². The summed E-state index contributed by atoms with van der Waals surface area (Å²) in [6.45, 7) is 2.58. The predicted molar refractivity (Wildman–Crippen MR) is 411 cm³/mol. The van der Waals surface area contributed by atoms with E-state index in [1.807, 2.05) is 5.92 Å². The van der Waals surface area contributed by atoms with Crippen LogP contribution in [0, 0.1) is 35.5 Å². The summed E-state index contributed by atoms with van der Waals surface area (Å²) < 4.78 is 9.97. The molecule has 0 atom stereocenters. The number of carboxylic acid groups (broad SMARTS) is 8. The number of carbonyl (C=O) groups is 16. The number of ether oxygens (including phenoxy) is 2. The highest BCUT2D eigenvalue weighted by Gasteiger charge is 2.33. The summed E-state index contributed by atoms with van der Waals surface area (Å²) in [6, 6.07) is 7.96. The lowest BCUT2D eigenvalue weighted by Gasteiger charge is -2.25. The lowest BCUT2D eigenvalue weighted by molar-refractivity contribution is -0.144. The van der Waals surface area contributed by atoms with E-state index in [1.165, 1.54) is 61.7 Å². The molecule has 0 aromatic heterocycles. The van der Waals surface area contributed by atoms with E-state index in [-0.39, 0.29) is 110 Å². The molecule has 0 spiro atoms. The smallest absolute Gasteiger partial charge is 0.382 e. The second-order valence-electron chi connectivity index (χ2n) is 28.8. The first-order chi connectivity index (χ1) is 53.9. The fourth-order valence-electron chi connectivity index (χ4n) is 9.53. The number of carboxylic acids is 8. The molecule has 0 heterocycles. The van der Waals surface area contributed by atoms with Gasteiger partial charge in [0.15, 0.2) is 0 Å². The third-order valence-corrected chi connectivity index (χ3v) is 18.5. The van der Waals surface area contributed by atoms with Gasteiger partial charge >= 0.3 is 47.8 Å². The molecule has 9 aliphatic carbocycles. The zero-order chi connectivity index (χ0) is 83.3. The predicted octanol–water partition coefficient (Wildman–Crippen LogP) is 5.81. The van der Waals surface area contributed by atoms with Crippen molar-refractivity contribution in [2.75, 3.05) is 51.0 Å². The molecule has 0 radical (unpaired) electrons. The number of aromatic carboxylic acids is 1. The Morgan fingerprint density at radius 2 is 0.761 bits per heavy atom. The van der Waals surface area contributed by atoms with Crippen LogP contribution < -0.4 is 42.5 Å². The summed E-state index contributed by atoms with van der Waals surface area (Å²) in [5.74, 6) is -1.63. The molecule has 1 aromatic carbocycles. The number of amides is 8. The summed E-state index contributed by atoms with van der Waals surface area (Å²) in [7, 11) is 0. The van der Waals surface area contributed by atoms with Crippen molar-refractivity contribution in [2.45, 2.75) is 255 Å². The summed E-state index contributed by atoms with van der Waals surface area (Å²) in [5, 5.41) is 89.6. The highest BCUT2D eigenvalue weighted by Crippen LogP contribution is 2.31. The van der Waals surface area contributed by atoms with Gasteiger partial charge in [0.1, 0.15) is 0 Å². The van der Waals surface area contributed by atoms with Crippen molar-refractivity contribution in [1.82, 2.24) is 42.5 Å². The maximum atomic E-state index is 11.7. The van der Waals surface area contributed by atoms with Gasteiger partial charge in [0.2, 0.25) is 35.4 Å². The molecule has 113 heavy (non-hydrogen) atoms. The van der Waals surface area contributed by atoms with Crippen LogP contribution in [0.4, 0.5) is 0 Å². The van der Waals surface area contributed by atoms with Gasteiger partial charge in [-0.05, 0) is 177 Å². The molecule has 9 saturated carbocycles. The summed E-state index contributed by atoms with van der Waals surface area (Å²) >= 11 is 1.52. The number of hydrogen-bond acceptors (Lipinski definition) is 19. The van der Waals surface area contributed by atoms with Crippen molar-refractivity contribution >= 4 is 107 Å². The first-order valence-electron chi connectivity index (χ1n) is 39.1. The van der Waals surface area contributed by atoms with Crippen molar-refractivity contribution in [3.63, 3.8) is 0 Å². The average molecular weight is 1610 g/mol. The fraction of sp³-hybridized carbons (Fsp3) is 0.667. The Hall–Kier alpha value is -9.69. The minimum Gasteiger partial charge on any atom is -0.481 e. The maximum absolute atomic E-state index is 11.7. The Morgan fingerprint density at radius 1 is 0.372 bits per heavy atom. The maximum Gasteiger partial charge on any atom is 0.382 e. The Morgan fingerprint density at radius 3 is 1.20 bits per heavy atom. The van der Waals surface area contributed by atoms with Crippen LogP contribution in [0.5, 0.6) is 0 Å². The lowest BCUT2D eigenvalue weighted by atomic mass is 9.81. The Balaban J connectivity index is 0.000000336. The van der Waals surface area contributed by atoms with E-state index in [1.54, 1.807) is 5.92 Å². The Kier molecular flexibility index (Phi) is 49.5.